The first-order chi connectivity index (χ1) is 16.6. The minimum atomic E-state index is 0.0777. The summed E-state index contributed by atoms with van der Waals surface area (Å²) < 4.78 is 10.6. The van der Waals surface area contributed by atoms with Gasteiger partial charge in [-0.1, -0.05) is 36.4 Å². The highest BCUT2D eigenvalue weighted by molar-refractivity contribution is 5.81. The zero-order chi connectivity index (χ0) is 24.2. The van der Waals surface area contributed by atoms with E-state index >= 15 is 0 Å². The molecule has 1 unspecified atom stereocenters. The molecular formula is C29H34N2O3. The van der Waals surface area contributed by atoms with Crippen LogP contribution in [-0.4, -0.2) is 31.2 Å². The molecule has 3 aromatic rings. The lowest BCUT2D eigenvalue weighted by atomic mass is 9.96. The molecule has 0 aliphatic carbocycles. The predicted octanol–water partition coefficient (Wildman–Crippen LogP) is 5.84. The molecule has 0 spiro atoms. The normalized spacial score (nSPS) is 11.4. The van der Waals surface area contributed by atoms with Crippen LogP contribution in [0.1, 0.15) is 49.3 Å². The van der Waals surface area contributed by atoms with Crippen molar-refractivity contribution in [3.8, 4) is 11.5 Å². The molecule has 178 valence electrons. The van der Waals surface area contributed by atoms with Crippen LogP contribution in [0.5, 0.6) is 11.5 Å². The lowest BCUT2D eigenvalue weighted by molar-refractivity contribution is -0.121. The predicted molar refractivity (Wildman–Crippen MR) is 137 cm³/mol. The molecule has 1 N–H and O–H groups in total. The smallest absolute Gasteiger partial charge is 0.220 e. The molecule has 5 nitrogen and oxygen atoms in total. The number of rotatable bonds is 12. The Morgan fingerprint density at radius 2 is 1.59 bits per heavy atom. The maximum absolute atomic E-state index is 12.5. The number of aryl methyl sites for hydroxylation is 1. The van der Waals surface area contributed by atoms with Gasteiger partial charge in [0.1, 0.15) is 11.5 Å². The first kappa shape index (κ1) is 25.0. The van der Waals surface area contributed by atoms with Crippen LogP contribution >= 0.6 is 0 Å². The van der Waals surface area contributed by atoms with E-state index in [1.165, 1.54) is 5.56 Å². The van der Waals surface area contributed by atoms with Crippen LogP contribution < -0.4 is 14.8 Å². The number of hydrogen-bond donors (Lipinski definition) is 1. The number of ether oxygens (including phenoxy) is 2. The summed E-state index contributed by atoms with van der Waals surface area (Å²) in [4.78, 5) is 16.7. The first-order valence-electron chi connectivity index (χ1n) is 11.8. The quantitative estimate of drug-likeness (QED) is 0.370. The van der Waals surface area contributed by atoms with Crippen molar-refractivity contribution in [3.63, 3.8) is 0 Å². The number of nitrogens with one attached hydrogen (secondary N) is 1. The molecule has 5 heteroatoms. The maximum Gasteiger partial charge on any atom is 0.220 e. The number of methoxy groups -OCH3 is 2. The third-order valence-corrected chi connectivity index (χ3v) is 5.75. The van der Waals surface area contributed by atoms with Gasteiger partial charge in [-0.25, -0.2) is 0 Å². The Kier molecular flexibility index (Phi) is 9.71. The third-order valence-electron chi connectivity index (χ3n) is 5.75. The molecule has 3 rings (SSSR count). The highest BCUT2D eigenvalue weighted by Gasteiger charge is 2.09. The molecule has 0 fully saturated rings. The number of hydrogen-bond acceptors (Lipinski definition) is 4. The van der Waals surface area contributed by atoms with Crippen molar-refractivity contribution in [1.82, 2.24) is 10.3 Å². The number of nitrogens with zero attached hydrogens (tertiary/aromatic N) is 1. The van der Waals surface area contributed by atoms with Gasteiger partial charge in [0.2, 0.25) is 5.91 Å². The molecule has 0 aliphatic rings. The van der Waals surface area contributed by atoms with Gasteiger partial charge < -0.3 is 14.8 Å². The van der Waals surface area contributed by atoms with Gasteiger partial charge in [-0.15, -0.1) is 0 Å². The van der Waals surface area contributed by atoms with Gasteiger partial charge in [0.15, 0.2) is 0 Å². The van der Waals surface area contributed by atoms with E-state index in [1.807, 2.05) is 60.8 Å². The van der Waals surface area contributed by atoms with E-state index in [-0.39, 0.29) is 11.9 Å². The topological polar surface area (TPSA) is 60.5 Å². The van der Waals surface area contributed by atoms with Gasteiger partial charge in [-0.2, -0.15) is 0 Å². The molecule has 1 aromatic heterocycles. The summed E-state index contributed by atoms with van der Waals surface area (Å²) in [5.74, 6) is 1.71. The van der Waals surface area contributed by atoms with Gasteiger partial charge >= 0.3 is 0 Å². The monoisotopic (exact) mass is 458 g/mol. The van der Waals surface area contributed by atoms with Crippen molar-refractivity contribution in [2.45, 2.75) is 45.1 Å². The van der Waals surface area contributed by atoms with E-state index in [4.69, 9.17) is 9.47 Å². The number of benzene rings is 2. The van der Waals surface area contributed by atoms with E-state index in [0.717, 1.165) is 47.5 Å². The number of amides is 1. The van der Waals surface area contributed by atoms with Crippen LogP contribution in [0.25, 0.3) is 5.57 Å². The Morgan fingerprint density at radius 3 is 2.12 bits per heavy atom. The van der Waals surface area contributed by atoms with Gasteiger partial charge in [0, 0.05) is 24.9 Å². The van der Waals surface area contributed by atoms with Crippen LogP contribution in [-0.2, 0) is 11.2 Å². The molecule has 34 heavy (non-hydrogen) atoms. The number of allylic oxidation sites excluding steroid dienone is 1. The van der Waals surface area contributed by atoms with Crippen molar-refractivity contribution in [2.75, 3.05) is 14.2 Å². The van der Waals surface area contributed by atoms with Crippen molar-refractivity contribution in [1.29, 1.82) is 0 Å². The van der Waals surface area contributed by atoms with E-state index < -0.39 is 0 Å². The second-order valence-electron chi connectivity index (χ2n) is 8.34. The summed E-state index contributed by atoms with van der Waals surface area (Å²) >= 11 is 0. The second kappa shape index (κ2) is 13.2. The highest BCUT2D eigenvalue weighted by Crippen LogP contribution is 2.27. The van der Waals surface area contributed by atoms with Crippen molar-refractivity contribution >= 4 is 11.5 Å². The Bertz CT molecular complexity index is 995. The number of carbonyl (C=O) groups excluding carboxylic acids is 1. The van der Waals surface area contributed by atoms with Gasteiger partial charge in [0.05, 0.1) is 14.2 Å². The molecule has 0 radical (unpaired) electrons. The largest absolute Gasteiger partial charge is 0.497 e. The van der Waals surface area contributed by atoms with Crippen LogP contribution in [0.4, 0.5) is 0 Å². The van der Waals surface area contributed by atoms with Crippen molar-refractivity contribution in [3.05, 3.63) is 95.8 Å². The Hall–Kier alpha value is -3.60. The summed E-state index contributed by atoms with van der Waals surface area (Å²) in [6, 6.07) is 20.2. The number of pyridine rings is 1. The lowest BCUT2D eigenvalue weighted by Gasteiger charge is -2.14. The van der Waals surface area contributed by atoms with E-state index in [9.17, 15) is 4.79 Å². The molecule has 1 amide bonds. The zero-order valence-electron chi connectivity index (χ0n) is 20.3. The van der Waals surface area contributed by atoms with Crippen molar-refractivity contribution < 1.29 is 14.3 Å². The minimum absolute atomic E-state index is 0.0777. The fraction of sp³-hybridized carbons (Fsp3) is 0.310. The average Bonchev–Trinajstić information content (AvgIpc) is 2.87. The number of carbonyl (C=O) groups is 1. The Labute approximate surface area is 202 Å². The Balaban J connectivity index is 1.57. The minimum Gasteiger partial charge on any atom is -0.497 e. The van der Waals surface area contributed by atoms with E-state index in [2.05, 4.69) is 29.4 Å². The standard InChI is InChI=1S/C29H34N2O3/c1-22(7-4-8-23-9-6-20-30-21-23)31-29(32)11-5-10-28(24-12-16-26(33-2)17-13-24)25-14-18-27(34-3)19-15-25/h6,9-10,12-22H,4-5,7-8,11H2,1-3H3,(H,31,32). The molecular weight excluding hydrogens is 424 g/mol. The summed E-state index contributed by atoms with van der Waals surface area (Å²) in [7, 11) is 3.32. The Morgan fingerprint density at radius 1 is 0.971 bits per heavy atom. The molecule has 1 atom stereocenters. The second-order valence-corrected chi connectivity index (χ2v) is 8.34. The molecule has 0 saturated carbocycles. The van der Waals surface area contributed by atoms with Crippen LogP contribution in [0.2, 0.25) is 0 Å². The maximum atomic E-state index is 12.5. The van der Waals surface area contributed by atoms with Gasteiger partial charge in [-0.05, 0) is 85.2 Å². The molecule has 1 heterocycles. The van der Waals surface area contributed by atoms with E-state index in [0.29, 0.717) is 12.8 Å². The summed E-state index contributed by atoms with van der Waals surface area (Å²) in [6.45, 7) is 2.07. The molecule has 2 aromatic carbocycles. The SMILES string of the molecule is COc1ccc(C(=CCCC(=O)NC(C)CCCc2cccnc2)c2ccc(OC)cc2)cc1. The summed E-state index contributed by atoms with van der Waals surface area (Å²) in [6.07, 6.45) is 9.87. The van der Waals surface area contributed by atoms with Crippen molar-refractivity contribution in [2.24, 2.45) is 0 Å². The summed E-state index contributed by atoms with van der Waals surface area (Å²) in [5.41, 5.74) is 4.48. The molecule has 0 bridgehead atoms. The fourth-order valence-corrected chi connectivity index (χ4v) is 3.87. The van der Waals surface area contributed by atoms with E-state index in [1.54, 1.807) is 20.4 Å². The number of aromatic nitrogens is 1. The lowest BCUT2D eigenvalue weighted by Crippen LogP contribution is -2.32. The summed E-state index contributed by atoms with van der Waals surface area (Å²) in [5, 5.41) is 3.13. The fourth-order valence-electron chi connectivity index (χ4n) is 3.87. The van der Waals surface area contributed by atoms with Gasteiger partial charge in [-0.3, -0.25) is 9.78 Å². The molecule has 0 aliphatic heterocycles. The third kappa shape index (κ3) is 7.77. The molecule has 0 saturated heterocycles. The van der Waals surface area contributed by atoms with Gasteiger partial charge in [0.25, 0.3) is 0 Å². The highest BCUT2D eigenvalue weighted by atomic mass is 16.5. The van der Waals surface area contributed by atoms with Crippen LogP contribution in [0.15, 0.2) is 79.1 Å². The average molecular weight is 459 g/mol. The van der Waals surface area contributed by atoms with Crippen LogP contribution in [0.3, 0.4) is 0 Å². The zero-order valence-corrected chi connectivity index (χ0v) is 20.3. The first-order valence-corrected chi connectivity index (χ1v) is 11.8. The van der Waals surface area contributed by atoms with Crippen LogP contribution in [0, 0.1) is 0 Å².